The Labute approximate surface area is 152 Å². The first-order chi connectivity index (χ1) is 13.0. The third-order valence-electron chi connectivity index (χ3n) is 4.12. The molecule has 0 unspecified atom stereocenters. The molecule has 27 heavy (non-hydrogen) atoms. The summed E-state index contributed by atoms with van der Waals surface area (Å²) in [5.41, 5.74) is 1.70. The molecular formula is C17H14F2N6O2. The van der Waals surface area contributed by atoms with Crippen LogP contribution < -0.4 is 4.90 Å². The van der Waals surface area contributed by atoms with Crippen LogP contribution in [0.25, 0.3) is 22.6 Å². The lowest BCUT2D eigenvalue weighted by atomic mass is 10.1. The van der Waals surface area contributed by atoms with Gasteiger partial charge in [-0.25, -0.2) is 13.6 Å². The Hall–Kier alpha value is -3.43. The Balaban J connectivity index is 1.58. The predicted octanol–water partition coefficient (Wildman–Crippen LogP) is 2.37. The van der Waals surface area contributed by atoms with E-state index in [-0.39, 0.29) is 6.54 Å². The van der Waals surface area contributed by atoms with Gasteiger partial charge in [0.2, 0.25) is 5.82 Å². The van der Waals surface area contributed by atoms with E-state index < -0.39 is 24.7 Å². The zero-order chi connectivity index (χ0) is 19.0. The number of anilines is 1. The molecule has 1 saturated heterocycles. The number of hydrogen-bond donors (Lipinski definition) is 0. The van der Waals surface area contributed by atoms with Crippen LogP contribution in [0.2, 0.25) is 0 Å². The molecule has 2 aromatic heterocycles. The van der Waals surface area contributed by atoms with Gasteiger partial charge in [0, 0.05) is 17.3 Å². The lowest BCUT2D eigenvalue weighted by Crippen LogP contribution is -2.25. The average molecular weight is 372 g/mol. The molecule has 3 heterocycles. The standard InChI is InChI=1S/C17H14F2N6O2/c1-24-22-16(21-23-24)15-5-2-10(8-20-15)13-4-3-11(6-14(13)19)25-9-12(7-18)27-17(25)26/h2-6,8,12H,7,9H2,1H3/t12-/m0/s1. The van der Waals surface area contributed by atoms with Crippen molar-refractivity contribution in [2.45, 2.75) is 6.10 Å². The van der Waals surface area contributed by atoms with Crippen molar-refractivity contribution >= 4 is 11.8 Å². The molecule has 0 bridgehead atoms. The van der Waals surface area contributed by atoms with E-state index in [2.05, 4.69) is 20.4 Å². The Morgan fingerprint density at radius 3 is 2.74 bits per heavy atom. The monoisotopic (exact) mass is 372 g/mol. The third kappa shape index (κ3) is 3.21. The number of benzene rings is 1. The molecule has 1 amide bonds. The molecule has 1 aliphatic rings. The molecule has 1 aliphatic heterocycles. The molecule has 10 heteroatoms. The highest BCUT2D eigenvalue weighted by Gasteiger charge is 2.32. The highest BCUT2D eigenvalue weighted by atomic mass is 19.1. The number of hydrogen-bond acceptors (Lipinski definition) is 6. The van der Waals surface area contributed by atoms with Crippen LogP contribution in [-0.4, -0.2) is 50.6 Å². The summed E-state index contributed by atoms with van der Waals surface area (Å²) in [6.07, 6.45) is -0.00787. The van der Waals surface area contributed by atoms with Crippen LogP contribution in [0, 0.1) is 5.82 Å². The summed E-state index contributed by atoms with van der Waals surface area (Å²) < 4.78 is 32.1. The first-order valence-corrected chi connectivity index (χ1v) is 8.09. The maximum absolute atomic E-state index is 14.6. The van der Waals surface area contributed by atoms with Crippen LogP contribution in [0.3, 0.4) is 0 Å². The summed E-state index contributed by atoms with van der Waals surface area (Å²) in [7, 11) is 1.65. The van der Waals surface area contributed by atoms with Gasteiger partial charge in [-0.15, -0.1) is 10.2 Å². The van der Waals surface area contributed by atoms with Crippen molar-refractivity contribution in [2.24, 2.45) is 7.05 Å². The molecule has 0 N–H and O–H groups in total. The number of ether oxygens (including phenoxy) is 1. The van der Waals surface area contributed by atoms with Crippen molar-refractivity contribution in [3.8, 4) is 22.6 Å². The number of carbonyl (C=O) groups is 1. The average Bonchev–Trinajstić information content (AvgIpc) is 3.27. The van der Waals surface area contributed by atoms with Gasteiger partial charge in [0.05, 0.1) is 19.3 Å². The quantitative estimate of drug-likeness (QED) is 0.699. The van der Waals surface area contributed by atoms with E-state index in [1.54, 1.807) is 25.2 Å². The number of carbonyl (C=O) groups excluding carboxylic acids is 1. The van der Waals surface area contributed by atoms with Gasteiger partial charge in [-0.2, -0.15) is 4.80 Å². The molecule has 0 spiro atoms. The summed E-state index contributed by atoms with van der Waals surface area (Å²) in [5, 5.41) is 11.7. The Morgan fingerprint density at radius 2 is 2.15 bits per heavy atom. The summed E-state index contributed by atoms with van der Waals surface area (Å²) in [5.74, 6) is -0.161. The zero-order valence-corrected chi connectivity index (χ0v) is 14.2. The lowest BCUT2D eigenvalue weighted by molar-refractivity contribution is 0.124. The van der Waals surface area contributed by atoms with E-state index in [9.17, 15) is 13.6 Å². The van der Waals surface area contributed by atoms with Crippen LogP contribution in [0.4, 0.5) is 19.3 Å². The normalized spacial score (nSPS) is 16.6. The molecule has 0 saturated carbocycles. The lowest BCUT2D eigenvalue weighted by Gasteiger charge is -2.14. The van der Waals surface area contributed by atoms with Gasteiger partial charge in [0.15, 0.2) is 0 Å². The summed E-state index contributed by atoms with van der Waals surface area (Å²) >= 11 is 0. The highest BCUT2D eigenvalue weighted by molar-refractivity contribution is 5.90. The van der Waals surface area contributed by atoms with Crippen molar-refractivity contribution in [1.29, 1.82) is 0 Å². The van der Waals surface area contributed by atoms with E-state index in [0.717, 1.165) is 0 Å². The maximum Gasteiger partial charge on any atom is 0.414 e. The van der Waals surface area contributed by atoms with Gasteiger partial charge in [-0.3, -0.25) is 9.88 Å². The molecular weight excluding hydrogens is 358 g/mol. The minimum Gasteiger partial charge on any atom is -0.441 e. The largest absolute Gasteiger partial charge is 0.441 e. The third-order valence-corrected chi connectivity index (χ3v) is 4.12. The number of halogens is 2. The molecule has 0 aliphatic carbocycles. The second kappa shape index (κ2) is 6.71. The van der Waals surface area contributed by atoms with Crippen LogP contribution >= 0.6 is 0 Å². The van der Waals surface area contributed by atoms with Crippen LogP contribution in [0.5, 0.6) is 0 Å². The number of amides is 1. The maximum atomic E-state index is 14.6. The zero-order valence-electron chi connectivity index (χ0n) is 14.2. The second-order valence-electron chi connectivity index (χ2n) is 5.97. The molecule has 0 radical (unpaired) electrons. The fourth-order valence-corrected chi connectivity index (χ4v) is 2.79. The van der Waals surface area contributed by atoms with E-state index in [1.807, 2.05) is 0 Å². The van der Waals surface area contributed by atoms with Crippen LogP contribution in [0.1, 0.15) is 0 Å². The predicted molar refractivity (Wildman–Crippen MR) is 91.0 cm³/mol. The summed E-state index contributed by atoms with van der Waals surface area (Å²) in [6, 6.07) is 7.70. The van der Waals surface area contributed by atoms with Crippen molar-refractivity contribution in [3.05, 3.63) is 42.3 Å². The Morgan fingerprint density at radius 1 is 1.30 bits per heavy atom. The van der Waals surface area contributed by atoms with Crippen molar-refractivity contribution in [2.75, 3.05) is 18.1 Å². The molecule has 8 nitrogen and oxygen atoms in total. The van der Waals surface area contributed by atoms with Crippen LogP contribution in [-0.2, 0) is 11.8 Å². The number of aromatic nitrogens is 5. The number of aryl methyl sites for hydroxylation is 1. The first kappa shape index (κ1) is 17.0. The molecule has 3 aromatic rings. The van der Waals surface area contributed by atoms with Crippen molar-refractivity contribution in [1.82, 2.24) is 25.2 Å². The van der Waals surface area contributed by atoms with E-state index >= 15 is 0 Å². The SMILES string of the molecule is Cn1nnc(-c2ccc(-c3ccc(N4C[C@H](CF)OC4=O)cc3F)cn2)n1. The highest BCUT2D eigenvalue weighted by Crippen LogP contribution is 2.29. The van der Waals surface area contributed by atoms with Crippen molar-refractivity contribution < 1.29 is 18.3 Å². The van der Waals surface area contributed by atoms with Gasteiger partial charge in [0.25, 0.3) is 0 Å². The molecule has 1 aromatic carbocycles. The number of nitrogens with zero attached hydrogens (tertiary/aromatic N) is 6. The van der Waals surface area contributed by atoms with Gasteiger partial charge in [-0.1, -0.05) is 6.07 Å². The van der Waals surface area contributed by atoms with Gasteiger partial charge in [0.1, 0.15) is 24.3 Å². The van der Waals surface area contributed by atoms with Crippen molar-refractivity contribution in [3.63, 3.8) is 0 Å². The molecule has 1 fully saturated rings. The number of cyclic esters (lactones) is 1. The van der Waals surface area contributed by atoms with E-state index in [1.165, 1.54) is 28.0 Å². The van der Waals surface area contributed by atoms with Gasteiger partial charge < -0.3 is 4.74 Å². The molecule has 138 valence electrons. The smallest absolute Gasteiger partial charge is 0.414 e. The Bertz CT molecular complexity index is 991. The fourth-order valence-electron chi connectivity index (χ4n) is 2.79. The number of alkyl halides is 1. The van der Waals surface area contributed by atoms with Gasteiger partial charge in [-0.05, 0) is 29.5 Å². The second-order valence-corrected chi connectivity index (χ2v) is 5.97. The number of tetrazole rings is 1. The Kier molecular flexibility index (Phi) is 4.22. The fraction of sp³-hybridized carbons (Fsp3) is 0.235. The first-order valence-electron chi connectivity index (χ1n) is 8.09. The van der Waals surface area contributed by atoms with E-state index in [4.69, 9.17) is 4.74 Å². The summed E-state index contributed by atoms with van der Waals surface area (Å²) in [4.78, 5) is 18.5. The minimum atomic E-state index is -0.827. The molecule has 4 rings (SSSR count). The molecule has 1 atom stereocenters. The summed E-state index contributed by atoms with van der Waals surface area (Å²) in [6.45, 7) is -0.725. The van der Waals surface area contributed by atoms with Crippen LogP contribution in [0.15, 0.2) is 36.5 Å². The number of rotatable bonds is 4. The number of pyridine rings is 1. The van der Waals surface area contributed by atoms with Gasteiger partial charge >= 0.3 is 6.09 Å². The topological polar surface area (TPSA) is 86.0 Å². The minimum absolute atomic E-state index is 0.0511. The van der Waals surface area contributed by atoms with E-state index in [0.29, 0.717) is 28.3 Å².